The van der Waals surface area contributed by atoms with Crippen molar-refractivity contribution >= 4 is 41.1 Å². The van der Waals surface area contributed by atoms with Gasteiger partial charge >= 0.3 is 18.2 Å². The fourth-order valence-electron chi connectivity index (χ4n) is 4.68. The van der Waals surface area contributed by atoms with E-state index in [1.807, 2.05) is 18.2 Å². The van der Waals surface area contributed by atoms with Crippen molar-refractivity contribution < 1.29 is 47.2 Å². The predicted octanol–water partition coefficient (Wildman–Crippen LogP) is 5.39. The zero-order valence-electron chi connectivity index (χ0n) is 25.9. The van der Waals surface area contributed by atoms with Gasteiger partial charge in [-0.2, -0.15) is 13.2 Å². The van der Waals surface area contributed by atoms with E-state index in [0.29, 0.717) is 56.2 Å². The topological polar surface area (TPSA) is 155 Å². The highest BCUT2D eigenvalue weighted by Crippen LogP contribution is 2.39. The van der Waals surface area contributed by atoms with Crippen LogP contribution < -0.4 is 10.6 Å². The van der Waals surface area contributed by atoms with E-state index in [1.54, 1.807) is 6.33 Å². The van der Waals surface area contributed by atoms with Crippen LogP contribution >= 0.6 is 23.2 Å². The van der Waals surface area contributed by atoms with Crippen molar-refractivity contribution in [1.29, 1.82) is 0 Å². The highest BCUT2D eigenvalue weighted by atomic mass is 35.5. The molecule has 0 saturated carbocycles. The van der Waals surface area contributed by atoms with Gasteiger partial charge in [-0.25, -0.2) is 19.6 Å². The molecule has 1 amide bonds. The third kappa shape index (κ3) is 13.1. The number of aliphatic carboxylic acids is 1. The van der Waals surface area contributed by atoms with Gasteiger partial charge in [0.2, 0.25) is 0 Å². The number of benzene rings is 2. The van der Waals surface area contributed by atoms with Crippen LogP contribution in [0.3, 0.4) is 0 Å². The number of hydrogen-bond donors (Lipinski definition) is 4. The lowest BCUT2D eigenvalue weighted by atomic mass is 9.84. The molecule has 3 aromatic rings. The SMILES string of the molecule is CN1Cc2c(Cl)cc(Cl)cc2[C@H](c2cccc(-c3cc(NCCOCCOCCOCCNC(=O)O)ncn3)c2)C1.O=C(O)C(F)(F)F. The number of alkyl halides is 3. The molecular weight excluding hydrogens is 682 g/mol. The number of carboxylic acid groups (broad SMARTS) is 2. The molecule has 0 aliphatic carbocycles. The van der Waals surface area contributed by atoms with Gasteiger partial charge in [0.25, 0.3) is 0 Å². The molecule has 0 spiro atoms. The molecule has 0 radical (unpaired) electrons. The number of likely N-dealkylation sites (N-methyl/N-ethyl adjacent to an activating group) is 1. The van der Waals surface area contributed by atoms with Crippen molar-refractivity contribution in [2.45, 2.75) is 18.6 Å². The summed E-state index contributed by atoms with van der Waals surface area (Å²) in [5.41, 5.74) is 5.31. The minimum Gasteiger partial charge on any atom is -0.475 e. The van der Waals surface area contributed by atoms with Crippen molar-refractivity contribution in [3.05, 3.63) is 75.5 Å². The number of nitrogens with one attached hydrogen (secondary N) is 2. The summed E-state index contributed by atoms with van der Waals surface area (Å²) in [7, 11) is 2.10. The van der Waals surface area contributed by atoms with Gasteiger partial charge in [-0.3, -0.25) is 0 Å². The number of ether oxygens (including phenoxy) is 3. The fourth-order valence-corrected chi connectivity index (χ4v) is 5.25. The highest BCUT2D eigenvalue weighted by Gasteiger charge is 2.38. The number of hydrogen-bond acceptors (Lipinski definition) is 9. The van der Waals surface area contributed by atoms with Crippen molar-refractivity contribution in [1.82, 2.24) is 20.2 Å². The Hall–Kier alpha value is -3.73. The minimum atomic E-state index is -5.08. The molecule has 4 N–H and O–H groups in total. The van der Waals surface area contributed by atoms with Crippen LogP contribution in [0.15, 0.2) is 48.8 Å². The second kappa shape index (κ2) is 19.3. The first-order valence-electron chi connectivity index (χ1n) is 14.7. The molecule has 0 saturated heterocycles. The lowest BCUT2D eigenvalue weighted by Crippen LogP contribution is -2.31. The highest BCUT2D eigenvalue weighted by molar-refractivity contribution is 6.35. The minimum absolute atomic E-state index is 0.147. The predicted molar refractivity (Wildman–Crippen MR) is 173 cm³/mol. The number of rotatable bonds is 15. The van der Waals surface area contributed by atoms with Crippen LogP contribution in [-0.4, -0.2) is 110 Å². The van der Waals surface area contributed by atoms with E-state index in [1.165, 1.54) is 11.1 Å². The van der Waals surface area contributed by atoms with Gasteiger partial charge in [0.15, 0.2) is 0 Å². The number of anilines is 1. The Balaban J connectivity index is 0.000000804. The Morgan fingerprint density at radius 1 is 0.958 bits per heavy atom. The lowest BCUT2D eigenvalue weighted by Gasteiger charge is -2.33. The molecule has 2 aromatic carbocycles. The Morgan fingerprint density at radius 2 is 1.60 bits per heavy atom. The summed E-state index contributed by atoms with van der Waals surface area (Å²) in [5, 5.41) is 22.5. The number of halogens is 5. The molecule has 12 nitrogen and oxygen atoms in total. The second-order valence-corrected chi connectivity index (χ2v) is 11.3. The maximum atomic E-state index is 10.6. The van der Waals surface area contributed by atoms with Gasteiger partial charge in [-0.1, -0.05) is 41.4 Å². The number of carbonyl (C=O) groups is 2. The van der Waals surface area contributed by atoms with Crippen LogP contribution in [0.5, 0.6) is 0 Å². The standard InChI is InChI=1S/C29H35Cl2N5O5.C2HF3O2/c1-36-17-24(23-14-22(30)15-26(31)25(23)18-36)20-3-2-4-21(13-20)27-16-28(35-19-34-27)32-5-7-39-9-11-41-12-10-40-8-6-33-29(37)38;3-2(4,5)1(6)7/h2-4,13-16,19,24,33H,5-12,17-18H2,1H3,(H,37,38)(H,32,34,35);(H,6,7)/t24-;/m0./s1. The molecule has 0 fully saturated rings. The molecule has 262 valence electrons. The summed E-state index contributed by atoms with van der Waals surface area (Å²) in [5.74, 6) is -1.89. The van der Waals surface area contributed by atoms with Crippen LogP contribution in [0.4, 0.5) is 23.8 Å². The molecule has 0 bridgehead atoms. The molecule has 0 unspecified atom stereocenters. The zero-order valence-corrected chi connectivity index (χ0v) is 27.4. The summed E-state index contributed by atoms with van der Waals surface area (Å²) in [6.07, 6.45) is -4.59. The van der Waals surface area contributed by atoms with Gasteiger partial charge in [-0.05, 0) is 41.9 Å². The van der Waals surface area contributed by atoms with Crippen molar-refractivity contribution in [2.75, 3.05) is 71.6 Å². The summed E-state index contributed by atoms with van der Waals surface area (Å²) in [6.45, 7) is 5.04. The van der Waals surface area contributed by atoms with Crippen LogP contribution in [0.2, 0.25) is 10.0 Å². The molecule has 4 rings (SSSR count). The molecule has 1 aliphatic rings. The smallest absolute Gasteiger partial charge is 0.475 e. The first-order valence-corrected chi connectivity index (χ1v) is 15.4. The molecule has 48 heavy (non-hydrogen) atoms. The molecule has 2 heterocycles. The Labute approximate surface area is 285 Å². The Bertz CT molecular complexity index is 1500. The van der Waals surface area contributed by atoms with E-state index in [-0.39, 0.29) is 12.5 Å². The number of aromatic nitrogens is 2. The molecule has 1 aliphatic heterocycles. The molecular formula is C31H36Cl2F3N5O7. The number of carboxylic acids is 1. The first-order chi connectivity index (χ1) is 22.8. The average molecular weight is 719 g/mol. The van der Waals surface area contributed by atoms with Crippen LogP contribution in [0, 0.1) is 0 Å². The van der Waals surface area contributed by atoms with Gasteiger partial charge in [-0.15, -0.1) is 0 Å². The van der Waals surface area contributed by atoms with E-state index in [2.05, 4.69) is 56.8 Å². The monoisotopic (exact) mass is 717 g/mol. The van der Waals surface area contributed by atoms with E-state index >= 15 is 0 Å². The Kier molecular flexibility index (Phi) is 15.6. The maximum Gasteiger partial charge on any atom is 0.490 e. The number of nitrogens with zero attached hydrogens (tertiary/aromatic N) is 3. The zero-order chi connectivity index (χ0) is 35.1. The van der Waals surface area contributed by atoms with Crippen molar-refractivity contribution in [2.24, 2.45) is 0 Å². The van der Waals surface area contributed by atoms with Gasteiger partial charge in [0, 0.05) is 53.8 Å². The van der Waals surface area contributed by atoms with Gasteiger partial charge < -0.3 is 40.0 Å². The summed E-state index contributed by atoms with van der Waals surface area (Å²) in [6, 6.07) is 14.2. The van der Waals surface area contributed by atoms with Gasteiger partial charge in [0.05, 0.1) is 45.3 Å². The van der Waals surface area contributed by atoms with Crippen LogP contribution in [-0.2, 0) is 25.5 Å². The Morgan fingerprint density at radius 3 is 2.25 bits per heavy atom. The number of amides is 1. The normalized spacial score (nSPS) is 14.4. The van der Waals surface area contributed by atoms with E-state index in [0.717, 1.165) is 35.7 Å². The van der Waals surface area contributed by atoms with E-state index in [9.17, 15) is 18.0 Å². The molecule has 1 atom stereocenters. The van der Waals surface area contributed by atoms with Crippen LogP contribution in [0.1, 0.15) is 22.6 Å². The molecule has 17 heteroatoms. The molecule has 1 aromatic heterocycles. The fraction of sp³-hybridized carbons (Fsp3) is 0.419. The summed E-state index contributed by atoms with van der Waals surface area (Å²) in [4.78, 5) is 30.4. The van der Waals surface area contributed by atoms with Gasteiger partial charge in [0.1, 0.15) is 12.1 Å². The third-order valence-corrected chi connectivity index (χ3v) is 7.36. The van der Waals surface area contributed by atoms with E-state index < -0.39 is 18.2 Å². The second-order valence-electron chi connectivity index (χ2n) is 10.4. The average Bonchev–Trinajstić information content (AvgIpc) is 3.03. The largest absolute Gasteiger partial charge is 0.490 e. The first kappa shape index (κ1) is 38.7. The number of fused-ring (bicyclic) bond motifs is 1. The van der Waals surface area contributed by atoms with Crippen molar-refractivity contribution in [3.8, 4) is 11.3 Å². The summed E-state index contributed by atoms with van der Waals surface area (Å²) >= 11 is 12.9. The lowest BCUT2D eigenvalue weighted by molar-refractivity contribution is -0.192. The van der Waals surface area contributed by atoms with Crippen LogP contribution in [0.25, 0.3) is 11.3 Å². The summed E-state index contributed by atoms with van der Waals surface area (Å²) < 4.78 is 48.0. The maximum absolute atomic E-state index is 10.6. The quantitative estimate of drug-likeness (QED) is 0.150. The van der Waals surface area contributed by atoms with E-state index in [4.69, 9.17) is 52.4 Å². The van der Waals surface area contributed by atoms with Crippen molar-refractivity contribution in [3.63, 3.8) is 0 Å². The third-order valence-electron chi connectivity index (χ3n) is 6.81.